The highest BCUT2D eigenvalue weighted by atomic mass is 28.5. The number of aliphatic hydroxyl groups is 1. The van der Waals surface area contributed by atoms with Crippen molar-refractivity contribution < 1.29 is 45.3 Å². The summed E-state index contributed by atoms with van der Waals surface area (Å²) in [6, 6.07) is 0. The van der Waals surface area contributed by atoms with E-state index in [4.69, 9.17) is 63.1 Å². The molecule has 422 valence electrons. The Morgan fingerprint density at radius 3 is 1.35 bits per heavy atom. The highest BCUT2D eigenvalue weighted by Crippen LogP contribution is 2.51. The molecule has 4 saturated heterocycles. The van der Waals surface area contributed by atoms with Crippen LogP contribution in [-0.2, 0) is 40.1 Å². The van der Waals surface area contributed by atoms with Gasteiger partial charge in [-0.1, -0.05) is 111 Å². The molecule has 4 fully saturated rings. The number of aliphatic hydroxyl groups excluding tert-OH is 1. The van der Waals surface area contributed by atoms with Crippen LogP contribution in [-0.4, -0.2) is 160 Å². The molecule has 9 N–H and O–H groups in total. The molecule has 0 saturated carbocycles. The number of anilines is 4. The number of hydrogen-bond donors (Lipinski definition) is 5. The molecule has 0 unspecified atom stereocenters. The zero-order valence-corrected chi connectivity index (χ0v) is 51.7. The number of nitrogens with two attached hydrogens (primary N) is 4. The second-order valence-electron chi connectivity index (χ2n) is 23.5. The van der Waals surface area contributed by atoms with E-state index in [9.17, 15) is 5.11 Å². The average Bonchev–Trinajstić information content (AvgIpc) is 4.06. The Morgan fingerprint density at radius 1 is 0.573 bits per heavy atom. The molecule has 0 aliphatic carbocycles. The smallest absolute Gasteiger partial charge is 0.335 e. The van der Waals surface area contributed by atoms with Gasteiger partial charge in [-0.25, -0.2) is 9.97 Å². The van der Waals surface area contributed by atoms with E-state index in [0.717, 1.165) is 6.54 Å². The molecular formula is C48H89N13O10Si4. The molecule has 0 radical (unpaired) electrons. The van der Waals surface area contributed by atoms with Crippen LogP contribution in [0.25, 0.3) is 22.3 Å². The lowest BCUT2D eigenvalue weighted by Crippen LogP contribution is -2.66. The molecule has 4 aromatic heterocycles. The maximum Gasteiger partial charge on any atom is 0.335 e. The molecule has 0 aromatic carbocycles. The maximum atomic E-state index is 11.5. The molecule has 4 aliphatic rings. The number of likely N-dealkylation sites (N-methyl/N-ethyl adjacent to an activating group) is 1. The number of fused-ring (bicyclic) bond motifs is 4. The largest absolute Gasteiger partial charge is 0.414 e. The van der Waals surface area contributed by atoms with Gasteiger partial charge in [0.2, 0.25) is 11.9 Å². The van der Waals surface area contributed by atoms with Crippen molar-refractivity contribution in [1.82, 2.24) is 43.9 Å². The van der Waals surface area contributed by atoms with Gasteiger partial charge in [-0.2, -0.15) is 19.9 Å². The van der Waals surface area contributed by atoms with Crippen LogP contribution in [0.2, 0.25) is 44.3 Å². The minimum atomic E-state index is -2.89. The minimum Gasteiger partial charge on any atom is -0.414 e. The molecule has 0 amide bonds. The molecule has 0 spiro atoms. The summed E-state index contributed by atoms with van der Waals surface area (Å²) in [6.45, 7) is 36.8. The van der Waals surface area contributed by atoms with Gasteiger partial charge in [0, 0.05) is 6.54 Å². The van der Waals surface area contributed by atoms with Crippen LogP contribution in [0.15, 0.2) is 12.7 Å². The topological polar surface area (TPSA) is 298 Å². The summed E-state index contributed by atoms with van der Waals surface area (Å²) in [5.41, 5.74) is 27.2. The van der Waals surface area contributed by atoms with Gasteiger partial charge in [0.1, 0.15) is 47.7 Å². The first kappa shape index (κ1) is 59.4. The molecule has 4 aromatic rings. The summed E-state index contributed by atoms with van der Waals surface area (Å²) in [4.78, 5) is 27.7. The quantitative estimate of drug-likeness (QED) is 0.0794. The predicted molar refractivity (Wildman–Crippen MR) is 298 cm³/mol. The van der Waals surface area contributed by atoms with Crippen LogP contribution in [0.3, 0.4) is 0 Å². The Kier molecular flexibility index (Phi) is 18.1. The third-order valence-corrected chi connectivity index (χ3v) is 36.1. The lowest BCUT2D eigenvalue weighted by molar-refractivity contribution is -0.0709. The fraction of sp³-hybridized carbons (Fsp3) is 0.792. The number of hydrogen-bond acceptors (Lipinski definition) is 21. The number of ether oxygens (including phenoxy) is 3. The van der Waals surface area contributed by atoms with Crippen molar-refractivity contribution >= 4 is 80.1 Å². The lowest BCUT2D eigenvalue weighted by Gasteiger charge is -2.51. The highest BCUT2D eigenvalue weighted by Gasteiger charge is 2.64. The Hall–Kier alpha value is -3.27. The molecule has 0 bridgehead atoms. The predicted octanol–water partition coefficient (Wildman–Crippen LogP) is 7.00. The summed E-state index contributed by atoms with van der Waals surface area (Å²) in [6.07, 6.45) is -1.56. The van der Waals surface area contributed by atoms with Crippen LogP contribution in [0, 0.1) is 0 Å². The molecule has 75 heavy (non-hydrogen) atoms. The second-order valence-corrected chi connectivity index (χ2v) is 41.1. The fourth-order valence-corrected chi connectivity index (χ4v) is 34.0. The monoisotopic (exact) mass is 1120 g/mol. The van der Waals surface area contributed by atoms with Gasteiger partial charge in [0.25, 0.3) is 0 Å². The van der Waals surface area contributed by atoms with E-state index in [1.807, 2.05) is 18.7 Å². The average molecular weight is 1120 g/mol. The van der Waals surface area contributed by atoms with Crippen molar-refractivity contribution in [3.8, 4) is 0 Å². The zero-order chi connectivity index (χ0) is 55.4. The van der Waals surface area contributed by atoms with E-state index in [0.29, 0.717) is 35.5 Å². The number of aromatic nitrogens is 8. The third kappa shape index (κ3) is 10.9. The van der Waals surface area contributed by atoms with Crippen molar-refractivity contribution in [2.45, 2.75) is 204 Å². The number of rotatable bonds is 14. The molecule has 27 heteroatoms. The number of nitrogens with zero attached hydrogens (tertiary/aromatic N) is 9. The molecule has 8 rings (SSSR count). The first-order valence-electron chi connectivity index (χ1n) is 26.9. The van der Waals surface area contributed by atoms with E-state index >= 15 is 0 Å². The van der Waals surface area contributed by atoms with E-state index in [1.54, 1.807) is 10.9 Å². The molecule has 23 nitrogen and oxygen atoms in total. The fourth-order valence-electron chi connectivity index (χ4n) is 11.5. The first-order valence-corrected chi connectivity index (χ1v) is 34.8. The van der Waals surface area contributed by atoms with Gasteiger partial charge < -0.3 is 73.1 Å². The Morgan fingerprint density at radius 2 is 0.947 bits per heavy atom. The molecule has 8 heterocycles. The molecule has 8 atom stereocenters. The second kappa shape index (κ2) is 22.8. The van der Waals surface area contributed by atoms with Gasteiger partial charge in [-0.05, 0) is 58.4 Å². The van der Waals surface area contributed by atoms with Crippen LogP contribution < -0.4 is 22.9 Å². The standard InChI is InChI=1S/C26H49N7O5Si2.C22H40N6O5Si2/c1-15(2)39(16(3)4)35-13-19-21(37-40(38-39,17(5)6)18(7)8)22(34-12-11-32(9)10)25(36-19)33-14-29-20-23(27)30-26(28)31-24(20)33;1-11(2)34(12(3)4)30-9-15-18(32-35(33-34,13(5)6)14(7)8)17(29)21(31-15)28-10-25-16-19(23)26-22(24)27-20(16)28/h14-19,21-22,25H,11-13H2,1-10H3,(H4,27,28,30,31);10-15,17-18,21,29H,9H2,1-8H3,(H4,23,24,26,27)/t19-,21-,22-,25-;15-,17-,18-,21-/m11/s1. The molecule has 4 aliphatic heterocycles. The van der Waals surface area contributed by atoms with Crippen molar-refractivity contribution in [3.05, 3.63) is 12.7 Å². The van der Waals surface area contributed by atoms with E-state index in [-0.39, 0.29) is 80.6 Å². The van der Waals surface area contributed by atoms with Crippen LogP contribution in [0.1, 0.15) is 123 Å². The molecular weight excluding hydrogens is 1030 g/mol. The minimum absolute atomic E-state index is 0.0268. The summed E-state index contributed by atoms with van der Waals surface area (Å²) in [7, 11) is -7.15. The number of imidazole rings is 2. The van der Waals surface area contributed by atoms with Crippen LogP contribution >= 0.6 is 0 Å². The van der Waals surface area contributed by atoms with Crippen molar-refractivity contribution in [2.75, 3.05) is 63.4 Å². The van der Waals surface area contributed by atoms with E-state index in [1.165, 1.54) is 6.33 Å². The highest BCUT2D eigenvalue weighted by molar-refractivity contribution is 6.84. The van der Waals surface area contributed by atoms with Gasteiger partial charge >= 0.3 is 34.2 Å². The van der Waals surface area contributed by atoms with E-state index < -0.39 is 77.2 Å². The Bertz CT molecular complexity index is 2540. The summed E-state index contributed by atoms with van der Waals surface area (Å²) >= 11 is 0. The summed E-state index contributed by atoms with van der Waals surface area (Å²) in [5, 5.41) is 11.5. The van der Waals surface area contributed by atoms with Gasteiger partial charge in [0.15, 0.2) is 35.4 Å². The normalized spacial score (nSPS) is 27.7. The van der Waals surface area contributed by atoms with Gasteiger partial charge in [-0.3, -0.25) is 9.13 Å². The number of nitrogen functional groups attached to an aromatic ring is 4. The third-order valence-electron chi connectivity index (χ3n) is 15.6. The van der Waals surface area contributed by atoms with Crippen molar-refractivity contribution in [3.63, 3.8) is 0 Å². The van der Waals surface area contributed by atoms with Gasteiger partial charge in [-0.15, -0.1) is 0 Å². The lowest BCUT2D eigenvalue weighted by atomic mass is 10.1. The van der Waals surface area contributed by atoms with Crippen molar-refractivity contribution in [1.29, 1.82) is 0 Å². The Labute approximate surface area is 447 Å². The van der Waals surface area contributed by atoms with Crippen molar-refractivity contribution in [2.24, 2.45) is 0 Å². The Balaban J connectivity index is 0.000000221. The first-order chi connectivity index (χ1) is 35.1. The zero-order valence-electron chi connectivity index (χ0n) is 47.7. The van der Waals surface area contributed by atoms with Gasteiger partial charge in [0.05, 0.1) is 32.5 Å². The summed E-state index contributed by atoms with van der Waals surface area (Å²) < 4.78 is 65.8. The summed E-state index contributed by atoms with van der Waals surface area (Å²) in [5.74, 6) is 0.496. The SMILES string of the molecule is CC(C)[Si]1(C(C)C)OC[C@H]2O[C@@H](n3cnc4c(N)nc(N)nc43)[C@H](O)[C@@H]2O[Si](C(C)C)(C(C)C)O1.CC(C)[Si]1(C(C)C)OC[C@H]2O[C@@H](n3cnc4c(N)nc(N)nc43)[C@H](OCCN(C)C)[C@@H]2O[Si](C(C)C)(C(C)C)O1. The van der Waals surface area contributed by atoms with Crippen LogP contribution in [0.4, 0.5) is 23.5 Å². The van der Waals surface area contributed by atoms with E-state index in [2.05, 4.69) is 146 Å². The maximum absolute atomic E-state index is 11.5. The van der Waals surface area contributed by atoms with Crippen LogP contribution in [0.5, 0.6) is 0 Å².